The van der Waals surface area contributed by atoms with Crippen LogP contribution in [0, 0.1) is 0 Å². The van der Waals surface area contributed by atoms with E-state index in [-0.39, 0.29) is 0 Å². The van der Waals surface area contributed by atoms with Gasteiger partial charge in [0.1, 0.15) is 0 Å². The molecule has 0 bridgehead atoms. The molecule has 0 aliphatic heterocycles. The lowest BCUT2D eigenvalue weighted by molar-refractivity contribution is 0.570. The van der Waals surface area contributed by atoms with E-state index in [9.17, 15) is 0 Å². The number of rotatable bonds is 5. The van der Waals surface area contributed by atoms with Gasteiger partial charge in [-0.05, 0) is 31.5 Å². The van der Waals surface area contributed by atoms with Crippen LogP contribution in [0.2, 0.25) is 0 Å². The number of nitrogens with zero attached hydrogens (tertiary/aromatic N) is 1. The van der Waals surface area contributed by atoms with Gasteiger partial charge in [-0.2, -0.15) is 0 Å². The summed E-state index contributed by atoms with van der Waals surface area (Å²) in [4.78, 5) is 2.17. The number of benzene rings is 1. The fraction of sp³-hybridized carbons (Fsp3) is 0.538. The molecule has 0 aliphatic carbocycles. The van der Waals surface area contributed by atoms with E-state index in [0.29, 0.717) is 6.04 Å². The summed E-state index contributed by atoms with van der Waals surface area (Å²) in [6.07, 6.45) is 1.18. The van der Waals surface area contributed by atoms with Gasteiger partial charge in [0, 0.05) is 25.8 Å². The molecule has 2 heteroatoms. The highest BCUT2D eigenvalue weighted by Crippen LogP contribution is 2.24. The highest BCUT2D eigenvalue weighted by atomic mass is 15.1. The van der Waals surface area contributed by atoms with Gasteiger partial charge in [0.25, 0.3) is 0 Å². The lowest BCUT2D eigenvalue weighted by Crippen LogP contribution is -2.22. The Morgan fingerprint density at radius 1 is 1.27 bits per heavy atom. The van der Waals surface area contributed by atoms with Crippen LogP contribution in [0.25, 0.3) is 0 Å². The third-order valence-corrected chi connectivity index (χ3v) is 2.59. The molecule has 0 aromatic heterocycles. The number of hydrogen-bond acceptors (Lipinski definition) is 2. The average Bonchev–Trinajstić information content (AvgIpc) is 2.25. The fourth-order valence-corrected chi connectivity index (χ4v) is 1.73. The molecule has 0 heterocycles. The zero-order valence-corrected chi connectivity index (χ0v) is 10.2. The molecule has 15 heavy (non-hydrogen) atoms. The summed E-state index contributed by atoms with van der Waals surface area (Å²) in [5.41, 5.74) is 2.67. The van der Waals surface area contributed by atoms with Crippen LogP contribution in [0.15, 0.2) is 24.3 Å². The van der Waals surface area contributed by atoms with Crippen molar-refractivity contribution in [1.82, 2.24) is 5.32 Å². The second kappa shape index (κ2) is 5.76. The van der Waals surface area contributed by atoms with Crippen molar-refractivity contribution >= 4 is 5.69 Å². The summed E-state index contributed by atoms with van der Waals surface area (Å²) in [5.74, 6) is 0. The van der Waals surface area contributed by atoms with Crippen LogP contribution in [0.5, 0.6) is 0 Å². The largest absolute Gasteiger partial charge is 0.377 e. The smallest absolute Gasteiger partial charge is 0.0409 e. The maximum atomic E-state index is 3.52. The Balaban J connectivity index is 2.82. The first-order valence-electron chi connectivity index (χ1n) is 5.66. The Hall–Kier alpha value is -1.02. The van der Waals surface area contributed by atoms with E-state index in [1.54, 1.807) is 0 Å². The molecule has 0 saturated carbocycles. The van der Waals surface area contributed by atoms with Crippen LogP contribution in [-0.2, 0) is 0 Å². The molecular weight excluding hydrogens is 184 g/mol. The van der Waals surface area contributed by atoms with Crippen molar-refractivity contribution in [3.8, 4) is 0 Å². The zero-order chi connectivity index (χ0) is 11.3. The van der Waals surface area contributed by atoms with E-state index >= 15 is 0 Å². The number of nitrogens with one attached hydrogen (secondary N) is 1. The molecule has 1 aromatic rings. The lowest BCUT2D eigenvalue weighted by Gasteiger charge is -2.22. The highest BCUT2D eigenvalue weighted by Gasteiger charge is 2.09. The average molecular weight is 206 g/mol. The Labute approximate surface area is 93.3 Å². The van der Waals surface area contributed by atoms with Crippen molar-refractivity contribution in [3.63, 3.8) is 0 Å². The normalized spacial score (nSPS) is 12.5. The van der Waals surface area contributed by atoms with Crippen LogP contribution in [0.3, 0.4) is 0 Å². The molecule has 1 N–H and O–H groups in total. The van der Waals surface area contributed by atoms with E-state index in [2.05, 4.69) is 62.4 Å². The van der Waals surface area contributed by atoms with Crippen LogP contribution < -0.4 is 10.2 Å². The Morgan fingerprint density at radius 2 is 1.93 bits per heavy atom. The molecule has 1 aromatic carbocycles. The molecule has 1 atom stereocenters. The van der Waals surface area contributed by atoms with Crippen molar-refractivity contribution in [2.24, 2.45) is 0 Å². The van der Waals surface area contributed by atoms with Gasteiger partial charge >= 0.3 is 0 Å². The lowest BCUT2D eigenvalue weighted by atomic mass is 10.1. The SMILES string of the molecule is CCCNC(C)c1ccccc1N(C)C. The Kier molecular flexibility index (Phi) is 4.63. The molecule has 0 fully saturated rings. The minimum absolute atomic E-state index is 0.420. The van der Waals surface area contributed by atoms with E-state index in [1.165, 1.54) is 17.7 Å². The standard InChI is InChI=1S/C13H22N2/c1-5-10-14-11(2)12-8-6-7-9-13(12)15(3)4/h6-9,11,14H,5,10H2,1-4H3. The molecule has 1 unspecified atom stereocenters. The van der Waals surface area contributed by atoms with E-state index in [0.717, 1.165) is 6.54 Å². The van der Waals surface area contributed by atoms with Gasteiger partial charge in [0.15, 0.2) is 0 Å². The monoisotopic (exact) mass is 206 g/mol. The Bertz CT molecular complexity index is 294. The summed E-state index contributed by atoms with van der Waals surface area (Å²) in [6, 6.07) is 8.98. The molecule has 1 rings (SSSR count). The number of hydrogen-bond donors (Lipinski definition) is 1. The molecule has 0 amide bonds. The van der Waals surface area contributed by atoms with Crippen molar-refractivity contribution < 1.29 is 0 Å². The van der Waals surface area contributed by atoms with E-state index in [4.69, 9.17) is 0 Å². The third-order valence-electron chi connectivity index (χ3n) is 2.59. The van der Waals surface area contributed by atoms with Crippen molar-refractivity contribution in [3.05, 3.63) is 29.8 Å². The van der Waals surface area contributed by atoms with Crippen LogP contribution in [0.4, 0.5) is 5.69 Å². The zero-order valence-electron chi connectivity index (χ0n) is 10.2. The van der Waals surface area contributed by atoms with Crippen LogP contribution in [0.1, 0.15) is 31.9 Å². The van der Waals surface area contributed by atoms with Crippen molar-refractivity contribution in [2.75, 3.05) is 25.5 Å². The van der Waals surface area contributed by atoms with Gasteiger partial charge in [-0.1, -0.05) is 25.1 Å². The summed E-state index contributed by atoms with van der Waals surface area (Å²) < 4.78 is 0. The van der Waals surface area contributed by atoms with Gasteiger partial charge in [-0.3, -0.25) is 0 Å². The predicted molar refractivity (Wildman–Crippen MR) is 67.5 cm³/mol. The predicted octanol–water partition coefficient (Wildman–Crippen LogP) is 2.81. The van der Waals surface area contributed by atoms with Gasteiger partial charge in [0.2, 0.25) is 0 Å². The second-order valence-electron chi connectivity index (χ2n) is 4.13. The van der Waals surface area contributed by atoms with Crippen molar-refractivity contribution in [1.29, 1.82) is 0 Å². The first-order valence-corrected chi connectivity index (χ1v) is 5.66. The summed E-state index contributed by atoms with van der Waals surface area (Å²) in [5, 5.41) is 3.52. The molecular formula is C13H22N2. The minimum atomic E-state index is 0.420. The third kappa shape index (κ3) is 3.24. The van der Waals surface area contributed by atoms with E-state index < -0.39 is 0 Å². The van der Waals surface area contributed by atoms with Crippen LogP contribution >= 0.6 is 0 Å². The molecule has 84 valence electrons. The minimum Gasteiger partial charge on any atom is -0.377 e. The quantitative estimate of drug-likeness (QED) is 0.797. The number of para-hydroxylation sites is 1. The molecule has 0 aliphatic rings. The first-order chi connectivity index (χ1) is 7.16. The highest BCUT2D eigenvalue weighted by molar-refractivity contribution is 5.53. The molecule has 0 saturated heterocycles. The fourth-order valence-electron chi connectivity index (χ4n) is 1.73. The summed E-state index contributed by atoms with van der Waals surface area (Å²) in [7, 11) is 4.18. The second-order valence-corrected chi connectivity index (χ2v) is 4.13. The van der Waals surface area contributed by atoms with Crippen molar-refractivity contribution in [2.45, 2.75) is 26.3 Å². The molecule has 2 nitrogen and oxygen atoms in total. The van der Waals surface area contributed by atoms with Crippen LogP contribution in [-0.4, -0.2) is 20.6 Å². The van der Waals surface area contributed by atoms with Gasteiger partial charge in [-0.15, -0.1) is 0 Å². The molecule has 0 radical (unpaired) electrons. The maximum Gasteiger partial charge on any atom is 0.0409 e. The van der Waals surface area contributed by atoms with Gasteiger partial charge in [-0.25, -0.2) is 0 Å². The number of anilines is 1. The molecule has 0 spiro atoms. The summed E-state index contributed by atoms with van der Waals surface area (Å²) >= 11 is 0. The van der Waals surface area contributed by atoms with E-state index in [1.807, 2.05) is 0 Å². The van der Waals surface area contributed by atoms with Gasteiger partial charge in [0.05, 0.1) is 0 Å². The maximum absolute atomic E-state index is 3.52. The Morgan fingerprint density at radius 3 is 2.53 bits per heavy atom. The van der Waals surface area contributed by atoms with Gasteiger partial charge < -0.3 is 10.2 Å². The summed E-state index contributed by atoms with van der Waals surface area (Å²) in [6.45, 7) is 5.48. The first kappa shape index (κ1) is 12.1. The topological polar surface area (TPSA) is 15.3 Å².